The van der Waals surface area contributed by atoms with Gasteiger partial charge in [-0.05, 0) is 37.3 Å². The zero-order valence-electron chi connectivity index (χ0n) is 10.5. The first-order chi connectivity index (χ1) is 8.56. The third-order valence-corrected chi connectivity index (χ3v) is 3.54. The number of hydrogen-bond donors (Lipinski definition) is 3. The number of hydrogen-bond acceptors (Lipinski definition) is 3. The topological polar surface area (TPSA) is 69.6 Å². The summed E-state index contributed by atoms with van der Waals surface area (Å²) < 4.78 is 0. The Kier molecular flexibility index (Phi) is 3.68. The van der Waals surface area contributed by atoms with E-state index in [0.717, 1.165) is 24.0 Å². The fraction of sp³-hybridized carbons (Fsp3) is 0.500. The van der Waals surface area contributed by atoms with Crippen LogP contribution in [0.15, 0.2) is 24.3 Å². The van der Waals surface area contributed by atoms with Crippen LogP contribution in [0.3, 0.4) is 0 Å². The molecule has 2 atom stereocenters. The van der Waals surface area contributed by atoms with Crippen molar-refractivity contribution in [2.24, 2.45) is 0 Å². The van der Waals surface area contributed by atoms with Crippen LogP contribution in [0.5, 0.6) is 0 Å². The second-order valence-corrected chi connectivity index (χ2v) is 4.95. The minimum absolute atomic E-state index is 0.278. The minimum Gasteiger partial charge on any atom is -0.480 e. The minimum atomic E-state index is -1.05. The molecule has 0 aromatic heterocycles. The Morgan fingerprint density at radius 1 is 1.50 bits per heavy atom. The summed E-state index contributed by atoms with van der Waals surface area (Å²) >= 11 is 0. The Balaban J connectivity index is 2.39. The molecule has 0 aliphatic heterocycles. The summed E-state index contributed by atoms with van der Waals surface area (Å²) in [5.74, 6) is -0.865. The summed E-state index contributed by atoms with van der Waals surface area (Å²) in [7, 11) is 0. The quantitative estimate of drug-likeness (QED) is 0.751. The van der Waals surface area contributed by atoms with Gasteiger partial charge in [-0.3, -0.25) is 5.32 Å². The largest absolute Gasteiger partial charge is 0.480 e. The summed E-state index contributed by atoms with van der Waals surface area (Å²) in [6.07, 6.45) is 1.76. The van der Waals surface area contributed by atoms with E-state index in [1.807, 2.05) is 24.3 Å². The molecule has 0 heterocycles. The van der Waals surface area contributed by atoms with Gasteiger partial charge >= 0.3 is 5.97 Å². The fourth-order valence-corrected chi connectivity index (χ4v) is 2.64. The van der Waals surface area contributed by atoms with Crippen molar-refractivity contribution < 1.29 is 15.0 Å². The average molecular weight is 249 g/mol. The van der Waals surface area contributed by atoms with Crippen LogP contribution in [0.25, 0.3) is 0 Å². The van der Waals surface area contributed by atoms with Gasteiger partial charge in [-0.2, -0.15) is 0 Å². The molecule has 0 fully saturated rings. The van der Waals surface area contributed by atoms with Gasteiger partial charge in [0.05, 0.1) is 6.10 Å². The molecule has 4 heteroatoms. The van der Waals surface area contributed by atoms with Gasteiger partial charge in [-0.15, -0.1) is 0 Å². The molecule has 4 nitrogen and oxygen atoms in total. The van der Waals surface area contributed by atoms with Crippen LogP contribution in [0.1, 0.15) is 30.9 Å². The maximum Gasteiger partial charge on any atom is 0.328 e. The second kappa shape index (κ2) is 5.08. The number of benzene rings is 1. The van der Waals surface area contributed by atoms with Crippen molar-refractivity contribution in [3.8, 4) is 0 Å². The molecule has 1 aliphatic rings. The highest BCUT2D eigenvalue weighted by Crippen LogP contribution is 2.35. The molecule has 2 rings (SSSR count). The molecule has 0 saturated heterocycles. The van der Waals surface area contributed by atoms with Gasteiger partial charge in [-0.25, -0.2) is 4.79 Å². The van der Waals surface area contributed by atoms with Crippen molar-refractivity contribution in [2.75, 3.05) is 6.54 Å². The zero-order chi connectivity index (χ0) is 13.2. The van der Waals surface area contributed by atoms with Crippen molar-refractivity contribution in [3.63, 3.8) is 0 Å². The molecule has 3 N–H and O–H groups in total. The van der Waals surface area contributed by atoms with Gasteiger partial charge in [0.15, 0.2) is 0 Å². The Labute approximate surface area is 107 Å². The molecule has 0 amide bonds. The summed E-state index contributed by atoms with van der Waals surface area (Å²) in [4.78, 5) is 11.7. The third kappa shape index (κ3) is 2.26. The van der Waals surface area contributed by atoms with Crippen molar-refractivity contribution in [1.82, 2.24) is 5.32 Å². The van der Waals surface area contributed by atoms with Crippen LogP contribution in [0, 0.1) is 0 Å². The molecule has 0 saturated carbocycles. The number of rotatable bonds is 4. The predicted octanol–water partition coefficient (Wildman–Crippen LogP) is 1.27. The standard InChI is InChI=1S/C14H19NO3/c1-10(16)9-15-14(13(17)18)8-4-6-11-5-2-3-7-12(11)14/h2-3,5,7,10,15-16H,4,6,8-9H2,1H3,(H,17,18). The highest BCUT2D eigenvalue weighted by Gasteiger charge is 2.43. The van der Waals surface area contributed by atoms with E-state index in [1.165, 1.54) is 0 Å². The lowest BCUT2D eigenvalue weighted by molar-refractivity contribution is -0.146. The summed E-state index contributed by atoms with van der Waals surface area (Å²) in [6, 6.07) is 7.66. The molecule has 0 bridgehead atoms. The molecule has 18 heavy (non-hydrogen) atoms. The lowest BCUT2D eigenvalue weighted by Crippen LogP contribution is -2.53. The number of aliphatic hydroxyl groups excluding tert-OH is 1. The zero-order valence-corrected chi connectivity index (χ0v) is 10.5. The van der Waals surface area contributed by atoms with Crippen LogP contribution in [0.2, 0.25) is 0 Å². The van der Waals surface area contributed by atoms with Crippen LogP contribution in [-0.2, 0) is 16.8 Å². The van der Waals surface area contributed by atoms with Gasteiger partial charge in [0.25, 0.3) is 0 Å². The third-order valence-electron chi connectivity index (χ3n) is 3.54. The first-order valence-electron chi connectivity index (χ1n) is 6.31. The fourth-order valence-electron chi connectivity index (χ4n) is 2.64. The Morgan fingerprint density at radius 2 is 2.22 bits per heavy atom. The lowest BCUT2D eigenvalue weighted by atomic mass is 9.76. The maximum absolute atomic E-state index is 11.7. The van der Waals surface area contributed by atoms with Gasteiger partial charge < -0.3 is 10.2 Å². The molecule has 1 aromatic rings. The Hall–Kier alpha value is -1.39. The van der Waals surface area contributed by atoms with Crippen molar-refractivity contribution in [3.05, 3.63) is 35.4 Å². The van der Waals surface area contributed by atoms with Gasteiger partial charge in [0.1, 0.15) is 5.54 Å². The van der Waals surface area contributed by atoms with Crippen molar-refractivity contribution >= 4 is 5.97 Å². The average Bonchev–Trinajstić information content (AvgIpc) is 2.36. The van der Waals surface area contributed by atoms with Crippen molar-refractivity contribution in [2.45, 2.75) is 37.8 Å². The van der Waals surface area contributed by atoms with Gasteiger partial charge in [-0.1, -0.05) is 24.3 Å². The number of fused-ring (bicyclic) bond motifs is 1. The predicted molar refractivity (Wildman–Crippen MR) is 68.4 cm³/mol. The van der Waals surface area contributed by atoms with E-state index in [-0.39, 0.29) is 6.54 Å². The van der Waals surface area contributed by atoms with Gasteiger partial charge in [0, 0.05) is 6.54 Å². The smallest absolute Gasteiger partial charge is 0.328 e. The monoisotopic (exact) mass is 249 g/mol. The second-order valence-electron chi connectivity index (χ2n) is 4.95. The van der Waals surface area contributed by atoms with Gasteiger partial charge in [0.2, 0.25) is 0 Å². The normalized spacial score (nSPS) is 24.3. The van der Waals surface area contributed by atoms with Crippen molar-refractivity contribution in [1.29, 1.82) is 0 Å². The number of carboxylic acids is 1. The highest BCUT2D eigenvalue weighted by atomic mass is 16.4. The number of aliphatic carboxylic acids is 1. The number of aryl methyl sites for hydroxylation is 1. The van der Waals surface area contributed by atoms with Crippen LogP contribution < -0.4 is 5.32 Å². The lowest BCUT2D eigenvalue weighted by Gasteiger charge is -2.36. The van der Waals surface area contributed by atoms with Crippen LogP contribution in [-0.4, -0.2) is 28.8 Å². The first kappa shape index (κ1) is 13.1. The first-order valence-corrected chi connectivity index (χ1v) is 6.31. The summed E-state index contributed by atoms with van der Waals surface area (Å²) in [5, 5.41) is 22.0. The Morgan fingerprint density at radius 3 is 2.89 bits per heavy atom. The summed E-state index contributed by atoms with van der Waals surface area (Å²) in [5.41, 5.74) is 0.875. The van der Waals surface area contributed by atoms with Crippen LogP contribution >= 0.6 is 0 Å². The molecule has 0 spiro atoms. The molecule has 2 unspecified atom stereocenters. The highest BCUT2D eigenvalue weighted by molar-refractivity contribution is 5.81. The molecule has 1 aliphatic carbocycles. The summed E-state index contributed by atoms with van der Waals surface area (Å²) in [6.45, 7) is 1.93. The van der Waals surface area contributed by atoms with E-state index < -0.39 is 17.6 Å². The van der Waals surface area contributed by atoms with Crippen LogP contribution in [0.4, 0.5) is 0 Å². The molecular formula is C14H19NO3. The molecule has 0 radical (unpaired) electrons. The number of aliphatic hydroxyl groups is 1. The number of carbonyl (C=O) groups is 1. The number of nitrogens with one attached hydrogen (secondary N) is 1. The van der Waals surface area contributed by atoms with E-state index in [4.69, 9.17) is 0 Å². The van der Waals surface area contributed by atoms with E-state index in [9.17, 15) is 15.0 Å². The Bertz CT molecular complexity index is 444. The SMILES string of the molecule is CC(O)CNC1(C(=O)O)CCCc2ccccc21. The molecular weight excluding hydrogens is 230 g/mol. The van der Waals surface area contributed by atoms with E-state index >= 15 is 0 Å². The van der Waals surface area contributed by atoms with E-state index in [0.29, 0.717) is 6.42 Å². The number of carboxylic acid groups (broad SMARTS) is 1. The molecule has 1 aromatic carbocycles. The van der Waals surface area contributed by atoms with E-state index in [1.54, 1.807) is 6.92 Å². The maximum atomic E-state index is 11.7. The molecule has 98 valence electrons. The van der Waals surface area contributed by atoms with E-state index in [2.05, 4.69) is 5.32 Å².